The van der Waals surface area contributed by atoms with Crippen LogP contribution in [0.4, 0.5) is 0 Å². The normalized spacial score (nSPS) is 13.1. The van der Waals surface area contributed by atoms with Crippen LogP contribution < -0.4 is 0 Å². The third kappa shape index (κ3) is 20.9. The number of unbranched alkanes of at least 4 members (excludes halogenated alkanes) is 17. The topological polar surface area (TPSA) is 74.6 Å². The van der Waals surface area contributed by atoms with Crippen LogP contribution in [0.2, 0.25) is 0 Å². The lowest BCUT2D eigenvalue weighted by Crippen LogP contribution is -2.20. The Hall–Kier alpha value is -0.130. The molecule has 0 aliphatic rings. The van der Waals surface area contributed by atoms with E-state index in [2.05, 4.69) is 6.92 Å². The van der Waals surface area contributed by atoms with Crippen molar-refractivity contribution in [2.75, 3.05) is 6.61 Å². The second-order valence-corrected chi connectivity index (χ2v) is 10.5. The fourth-order valence-corrected chi connectivity index (χ4v) is 4.95. The minimum atomic E-state index is -3.94. The SMILES string of the molecule is CCCCCCCCCCCCCCCCCCC(CCCCCO)S(=O)(=O)O. The standard InChI is InChI=1S/C24H50O4S/c1-2-3-4-5-6-7-8-9-10-11-12-13-14-15-16-18-21-24(29(26,27)28)22-19-17-20-23-25/h24-25H,2-23H2,1H3,(H,26,27,28). The van der Waals surface area contributed by atoms with Gasteiger partial charge in [0.25, 0.3) is 10.1 Å². The van der Waals surface area contributed by atoms with Crippen molar-refractivity contribution in [3.63, 3.8) is 0 Å². The largest absolute Gasteiger partial charge is 0.396 e. The molecule has 29 heavy (non-hydrogen) atoms. The number of rotatable bonds is 23. The fraction of sp³-hybridized carbons (Fsp3) is 1.00. The minimum Gasteiger partial charge on any atom is -0.396 e. The van der Waals surface area contributed by atoms with E-state index < -0.39 is 15.4 Å². The van der Waals surface area contributed by atoms with Crippen molar-refractivity contribution in [2.45, 2.75) is 147 Å². The van der Waals surface area contributed by atoms with E-state index >= 15 is 0 Å². The van der Waals surface area contributed by atoms with E-state index in [1.165, 1.54) is 89.9 Å². The summed E-state index contributed by atoms with van der Waals surface area (Å²) in [6.07, 6.45) is 24.2. The minimum absolute atomic E-state index is 0.148. The van der Waals surface area contributed by atoms with E-state index in [4.69, 9.17) is 5.11 Å². The van der Waals surface area contributed by atoms with E-state index in [0.717, 1.165) is 25.7 Å². The Balaban J connectivity index is 3.43. The van der Waals surface area contributed by atoms with Crippen LogP contribution in [0.5, 0.6) is 0 Å². The van der Waals surface area contributed by atoms with Gasteiger partial charge in [0, 0.05) is 6.61 Å². The van der Waals surface area contributed by atoms with Gasteiger partial charge in [-0.3, -0.25) is 4.55 Å². The Morgan fingerprint density at radius 1 is 0.552 bits per heavy atom. The predicted octanol–water partition coefficient (Wildman–Crippen LogP) is 7.45. The molecule has 0 aliphatic heterocycles. The molecule has 0 aromatic heterocycles. The summed E-state index contributed by atoms with van der Waals surface area (Å²) in [5.41, 5.74) is 0. The van der Waals surface area contributed by atoms with Gasteiger partial charge in [-0.05, 0) is 19.3 Å². The smallest absolute Gasteiger partial charge is 0.267 e. The van der Waals surface area contributed by atoms with Crippen molar-refractivity contribution in [2.24, 2.45) is 0 Å². The molecular formula is C24H50O4S. The van der Waals surface area contributed by atoms with Crippen molar-refractivity contribution in [3.05, 3.63) is 0 Å². The van der Waals surface area contributed by atoms with Crippen LogP contribution in [0.15, 0.2) is 0 Å². The van der Waals surface area contributed by atoms with Gasteiger partial charge in [-0.15, -0.1) is 0 Å². The maximum Gasteiger partial charge on any atom is 0.267 e. The van der Waals surface area contributed by atoms with Crippen molar-refractivity contribution in [3.8, 4) is 0 Å². The van der Waals surface area contributed by atoms with Gasteiger partial charge in [-0.1, -0.05) is 122 Å². The summed E-state index contributed by atoms with van der Waals surface area (Å²) >= 11 is 0. The Bertz CT molecular complexity index is 423. The van der Waals surface area contributed by atoms with Gasteiger partial charge in [0.1, 0.15) is 0 Å². The summed E-state index contributed by atoms with van der Waals surface area (Å²) in [5.74, 6) is 0. The number of aliphatic hydroxyl groups is 1. The third-order valence-electron chi connectivity index (χ3n) is 5.99. The molecule has 0 heterocycles. The lowest BCUT2D eigenvalue weighted by Gasteiger charge is -2.13. The van der Waals surface area contributed by atoms with Crippen LogP contribution in [0.3, 0.4) is 0 Å². The van der Waals surface area contributed by atoms with Crippen molar-refractivity contribution >= 4 is 10.1 Å². The van der Waals surface area contributed by atoms with Gasteiger partial charge in [-0.2, -0.15) is 8.42 Å². The molecule has 0 radical (unpaired) electrons. The highest BCUT2D eigenvalue weighted by atomic mass is 32.2. The zero-order valence-corrected chi connectivity index (χ0v) is 20.1. The van der Waals surface area contributed by atoms with E-state index in [1.807, 2.05) is 0 Å². The molecule has 0 saturated heterocycles. The second-order valence-electron chi connectivity index (χ2n) is 8.80. The Morgan fingerprint density at radius 2 is 0.862 bits per heavy atom. The molecule has 0 aromatic carbocycles. The van der Waals surface area contributed by atoms with Crippen molar-refractivity contribution in [1.29, 1.82) is 0 Å². The van der Waals surface area contributed by atoms with Crippen LogP contribution in [-0.2, 0) is 10.1 Å². The monoisotopic (exact) mass is 434 g/mol. The van der Waals surface area contributed by atoms with Crippen LogP contribution in [0, 0.1) is 0 Å². The van der Waals surface area contributed by atoms with Crippen molar-refractivity contribution < 1.29 is 18.1 Å². The van der Waals surface area contributed by atoms with E-state index in [9.17, 15) is 13.0 Å². The highest BCUT2D eigenvalue weighted by Gasteiger charge is 2.21. The molecule has 5 heteroatoms. The van der Waals surface area contributed by atoms with E-state index in [-0.39, 0.29) is 6.61 Å². The molecule has 176 valence electrons. The van der Waals surface area contributed by atoms with Crippen LogP contribution in [0.25, 0.3) is 0 Å². The molecular weight excluding hydrogens is 384 g/mol. The molecule has 4 nitrogen and oxygen atoms in total. The van der Waals surface area contributed by atoms with Crippen LogP contribution in [-0.4, -0.2) is 29.9 Å². The maximum atomic E-state index is 11.5. The Kier molecular flexibility index (Phi) is 21.0. The van der Waals surface area contributed by atoms with Gasteiger partial charge >= 0.3 is 0 Å². The molecule has 0 saturated carbocycles. The second kappa shape index (κ2) is 21.1. The first-order valence-corrected chi connectivity index (χ1v) is 14.1. The molecule has 0 bridgehead atoms. The van der Waals surface area contributed by atoms with Crippen LogP contribution in [0.1, 0.15) is 142 Å². The molecule has 0 rings (SSSR count). The first kappa shape index (κ1) is 28.9. The summed E-state index contributed by atoms with van der Waals surface area (Å²) in [6, 6.07) is 0. The van der Waals surface area contributed by atoms with Gasteiger partial charge in [0.15, 0.2) is 0 Å². The number of aliphatic hydroxyl groups excluding tert-OH is 1. The van der Waals surface area contributed by atoms with Crippen molar-refractivity contribution in [1.82, 2.24) is 0 Å². The molecule has 0 fully saturated rings. The maximum absolute atomic E-state index is 11.5. The Morgan fingerprint density at radius 3 is 1.17 bits per heavy atom. The molecule has 0 aromatic rings. The zero-order chi connectivity index (χ0) is 21.6. The zero-order valence-electron chi connectivity index (χ0n) is 19.3. The first-order chi connectivity index (χ1) is 14.0. The highest BCUT2D eigenvalue weighted by molar-refractivity contribution is 7.86. The fourth-order valence-electron chi connectivity index (χ4n) is 4.02. The van der Waals surface area contributed by atoms with Crippen LogP contribution >= 0.6 is 0 Å². The van der Waals surface area contributed by atoms with E-state index in [1.54, 1.807) is 0 Å². The van der Waals surface area contributed by atoms with Gasteiger partial charge in [-0.25, -0.2) is 0 Å². The average molecular weight is 435 g/mol. The van der Waals surface area contributed by atoms with Gasteiger partial charge in [0.2, 0.25) is 0 Å². The van der Waals surface area contributed by atoms with Gasteiger partial charge < -0.3 is 5.11 Å². The predicted molar refractivity (Wildman–Crippen MR) is 125 cm³/mol. The quantitative estimate of drug-likeness (QED) is 0.129. The summed E-state index contributed by atoms with van der Waals surface area (Å²) in [5, 5.41) is 8.17. The molecule has 0 spiro atoms. The lowest BCUT2D eigenvalue weighted by molar-refractivity contribution is 0.282. The molecule has 1 unspecified atom stereocenters. The first-order valence-electron chi connectivity index (χ1n) is 12.6. The molecule has 0 aliphatic carbocycles. The summed E-state index contributed by atoms with van der Waals surface area (Å²) in [4.78, 5) is 0. The number of hydrogen-bond donors (Lipinski definition) is 2. The van der Waals surface area contributed by atoms with Gasteiger partial charge in [0.05, 0.1) is 5.25 Å². The molecule has 0 amide bonds. The molecule has 1 atom stereocenters. The summed E-state index contributed by atoms with van der Waals surface area (Å²) in [7, 11) is -3.94. The number of hydrogen-bond acceptors (Lipinski definition) is 3. The highest BCUT2D eigenvalue weighted by Crippen LogP contribution is 2.19. The average Bonchev–Trinajstić information content (AvgIpc) is 2.68. The van der Waals surface area contributed by atoms with E-state index in [0.29, 0.717) is 19.3 Å². The lowest BCUT2D eigenvalue weighted by atomic mass is 10.0. The summed E-state index contributed by atoms with van der Waals surface area (Å²) < 4.78 is 32.4. The summed E-state index contributed by atoms with van der Waals surface area (Å²) in [6.45, 7) is 2.42. The Labute approximate surface area is 182 Å². The molecule has 2 N–H and O–H groups in total. The third-order valence-corrected chi connectivity index (χ3v) is 7.30.